The Morgan fingerprint density at radius 2 is 1.85 bits per heavy atom. The van der Waals surface area contributed by atoms with Crippen LogP contribution in [0.25, 0.3) is 16.6 Å². The molecule has 4 rings (SSSR count). The molecule has 1 amide bonds. The maximum Gasteiger partial charge on any atom is 0.266 e. The van der Waals surface area contributed by atoms with Crippen LogP contribution in [0.3, 0.4) is 0 Å². The van der Waals surface area contributed by atoms with Gasteiger partial charge in [0.05, 0.1) is 22.6 Å². The van der Waals surface area contributed by atoms with E-state index in [4.69, 9.17) is 9.72 Å². The van der Waals surface area contributed by atoms with Crippen LogP contribution >= 0.6 is 0 Å². The Labute approximate surface area is 201 Å². The molecule has 0 bridgehead atoms. The number of rotatable bonds is 9. The van der Waals surface area contributed by atoms with E-state index in [1.807, 2.05) is 60.4 Å². The highest BCUT2D eigenvalue weighted by Crippen LogP contribution is 2.32. The predicted octanol–water partition coefficient (Wildman–Crippen LogP) is 5.20. The van der Waals surface area contributed by atoms with Crippen molar-refractivity contribution in [1.29, 1.82) is 0 Å². The molecule has 1 unspecified atom stereocenters. The number of hydrogen-bond donors (Lipinski definition) is 0. The molecule has 2 aromatic carbocycles. The van der Waals surface area contributed by atoms with Crippen molar-refractivity contribution in [2.45, 2.75) is 58.4 Å². The van der Waals surface area contributed by atoms with Crippen molar-refractivity contribution >= 4 is 16.8 Å². The minimum atomic E-state index is -0.302. The van der Waals surface area contributed by atoms with Crippen LogP contribution in [0.2, 0.25) is 0 Å². The van der Waals surface area contributed by atoms with Crippen molar-refractivity contribution in [2.24, 2.45) is 5.92 Å². The van der Waals surface area contributed by atoms with Crippen molar-refractivity contribution in [3.05, 3.63) is 70.3 Å². The molecule has 1 aliphatic carbocycles. The van der Waals surface area contributed by atoms with E-state index in [-0.39, 0.29) is 23.4 Å². The molecule has 180 valence electrons. The van der Waals surface area contributed by atoms with Gasteiger partial charge in [0.2, 0.25) is 5.91 Å². The minimum absolute atomic E-state index is 0.0524. The summed E-state index contributed by atoms with van der Waals surface area (Å²) in [7, 11) is 1.68. The van der Waals surface area contributed by atoms with Crippen molar-refractivity contribution < 1.29 is 9.53 Å². The van der Waals surface area contributed by atoms with Gasteiger partial charge in [-0.15, -0.1) is 0 Å². The van der Waals surface area contributed by atoms with Crippen LogP contribution in [0.4, 0.5) is 0 Å². The molecule has 3 aromatic rings. The zero-order chi connectivity index (χ0) is 24.1. The van der Waals surface area contributed by atoms with Crippen LogP contribution in [0.1, 0.15) is 62.9 Å². The van der Waals surface area contributed by atoms with Gasteiger partial charge in [0.25, 0.3) is 5.56 Å². The molecule has 0 N–H and O–H groups in total. The molecule has 1 heterocycles. The first-order valence-corrected chi connectivity index (χ1v) is 12.4. The molecule has 6 heteroatoms. The molecule has 1 saturated carbocycles. The number of ether oxygens (including phenoxy) is 1. The number of para-hydroxylation sites is 1. The third kappa shape index (κ3) is 4.92. The molecule has 34 heavy (non-hydrogen) atoms. The Morgan fingerprint density at radius 3 is 2.53 bits per heavy atom. The topological polar surface area (TPSA) is 64.4 Å². The van der Waals surface area contributed by atoms with Gasteiger partial charge in [-0.25, -0.2) is 4.98 Å². The summed E-state index contributed by atoms with van der Waals surface area (Å²) < 4.78 is 7.00. The SMILES string of the molecule is CCC(c1nc2ccccc2c(=O)n1-c1ccc(C)cc1)N(CCCOC)C(=O)C1CCCC1. The van der Waals surface area contributed by atoms with Gasteiger partial charge in [0.1, 0.15) is 5.82 Å². The zero-order valence-corrected chi connectivity index (χ0v) is 20.5. The lowest BCUT2D eigenvalue weighted by molar-refractivity contribution is -0.138. The highest BCUT2D eigenvalue weighted by molar-refractivity contribution is 5.80. The first-order chi connectivity index (χ1) is 16.5. The Morgan fingerprint density at radius 1 is 1.15 bits per heavy atom. The number of methoxy groups -OCH3 is 1. The fourth-order valence-electron chi connectivity index (χ4n) is 5.07. The largest absolute Gasteiger partial charge is 0.385 e. The van der Waals surface area contributed by atoms with Crippen molar-refractivity contribution in [1.82, 2.24) is 14.5 Å². The maximum absolute atomic E-state index is 13.8. The first kappa shape index (κ1) is 24.1. The molecule has 6 nitrogen and oxygen atoms in total. The molecule has 0 spiro atoms. The van der Waals surface area contributed by atoms with Gasteiger partial charge in [0, 0.05) is 26.2 Å². The van der Waals surface area contributed by atoms with E-state index in [2.05, 4.69) is 6.92 Å². The number of carbonyl (C=O) groups is 1. The van der Waals surface area contributed by atoms with E-state index in [1.165, 1.54) is 0 Å². The van der Waals surface area contributed by atoms with Crippen LogP contribution in [0.5, 0.6) is 0 Å². The Kier molecular flexibility index (Phi) is 7.78. The standard InChI is InChI=1S/C28H35N3O3/c1-4-25(30(18-9-19-34-3)27(32)21-10-5-6-11-21)26-29-24-13-8-7-12-23(24)28(33)31(26)22-16-14-20(2)15-17-22/h7-8,12-17,21,25H,4-6,9-11,18-19H2,1-3H3. The van der Waals surface area contributed by atoms with Crippen molar-refractivity contribution in [3.8, 4) is 5.69 Å². The summed E-state index contributed by atoms with van der Waals surface area (Å²) >= 11 is 0. The number of amides is 1. The highest BCUT2D eigenvalue weighted by Gasteiger charge is 2.33. The summed E-state index contributed by atoms with van der Waals surface area (Å²) in [6.45, 7) is 5.26. The number of hydrogen-bond acceptors (Lipinski definition) is 4. The maximum atomic E-state index is 13.8. The fourth-order valence-corrected chi connectivity index (χ4v) is 5.07. The van der Waals surface area contributed by atoms with Crippen LogP contribution < -0.4 is 5.56 Å². The average Bonchev–Trinajstić information content (AvgIpc) is 3.39. The van der Waals surface area contributed by atoms with E-state index in [1.54, 1.807) is 11.7 Å². The summed E-state index contributed by atoms with van der Waals surface area (Å²) in [5, 5.41) is 0.578. The lowest BCUT2D eigenvalue weighted by atomic mass is 10.0. The molecule has 1 fully saturated rings. The highest BCUT2D eigenvalue weighted by atomic mass is 16.5. The van der Waals surface area contributed by atoms with Gasteiger partial charge in [-0.2, -0.15) is 0 Å². The Balaban J connectivity index is 1.88. The minimum Gasteiger partial charge on any atom is -0.385 e. The third-order valence-electron chi connectivity index (χ3n) is 6.89. The average molecular weight is 462 g/mol. The second-order valence-electron chi connectivity index (χ2n) is 9.25. The van der Waals surface area contributed by atoms with E-state index >= 15 is 0 Å². The summed E-state index contributed by atoms with van der Waals surface area (Å²) in [5.74, 6) is 0.855. The molecular weight excluding hydrogens is 426 g/mol. The molecule has 1 atom stereocenters. The third-order valence-corrected chi connectivity index (χ3v) is 6.89. The second kappa shape index (κ2) is 11.0. The van der Waals surface area contributed by atoms with E-state index in [9.17, 15) is 9.59 Å². The Hall–Kier alpha value is -2.99. The second-order valence-corrected chi connectivity index (χ2v) is 9.25. The van der Waals surface area contributed by atoms with Gasteiger partial charge in [0.15, 0.2) is 0 Å². The number of fused-ring (bicyclic) bond motifs is 1. The predicted molar refractivity (Wildman–Crippen MR) is 135 cm³/mol. The lowest BCUT2D eigenvalue weighted by Crippen LogP contribution is -2.42. The number of nitrogens with zero attached hydrogens (tertiary/aromatic N) is 3. The molecular formula is C28H35N3O3. The Bertz CT molecular complexity index is 1180. The van der Waals surface area contributed by atoms with E-state index in [0.29, 0.717) is 36.3 Å². The number of carbonyl (C=O) groups excluding carboxylic acids is 1. The number of benzene rings is 2. The summed E-state index contributed by atoms with van der Waals surface area (Å²) in [4.78, 5) is 34.5. The summed E-state index contributed by atoms with van der Waals surface area (Å²) in [6, 6.07) is 15.1. The molecule has 0 radical (unpaired) electrons. The zero-order valence-electron chi connectivity index (χ0n) is 20.5. The van der Waals surface area contributed by atoms with E-state index < -0.39 is 0 Å². The molecule has 0 saturated heterocycles. The van der Waals surface area contributed by atoms with Gasteiger partial charge >= 0.3 is 0 Å². The molecule has 1 aliphatic rings. The fraction of sp³-hybridized carbons (Fsp3) is 0.464. The first-order valence-electron chi connectivity index (χ1n) is 12.4. The van der Waals surface area contributed by atoms with Gasteiger partial charge in [-0.05, 0) is 56.9 Å². The van der Waals surface area contributed by atoms with Crippen molar-refractivity contribution in [3.63, 3.8) is 0 Å². The molecule has 0 aliphatic heterocycles. The van der Waals surface area contributed by atoms with Crippen LogP contribution in [-0.2, 0) is 9.53 Å². The lowest BCUT2D eigenvalue weighted by Gasteiger charge is -2.34. The normalized spacial score (nSPS) is 15.0. The van der Waals surface area contributed by atoms with Gasteiger partial charge < -0.3 is 9.64 Å². The monoisotopic (exact) mass is 461 g/mol. The summed E-state index contributed by atoms with van der Waals surface area (Å²) in [5.41, 5.74) is 2.45. The van der Waals surface area contributed by atoms with Crippen LogP contribution in [0.15, 0.2) is 53.3 Å². The molecule has 1 aromatic heterocycles. The van der Waals surface area contributed by atoms with E-state index in [0.717, 1.165) is 43.4 Å². The van der Waals surface area contributed by atoms with Crippen molar-refractivity contribution in [2.75, 3.05) is 20.3 Å². The number of aryl methyl sites for hydroxylation is 1. The van der Waals surface area contributed by atoms with Crippen LogP contribution in [0, 0.1) is 12.8 Å². The van der Waals surface area contributed by atoms with Crippen LogP contribution in [-0.4, -0.2) is 40.6 Å². The van der Waals surface area contributed by atoms with Gasteiger partial charge in [-0.1, -0.05) is 49.6 Å². The van der Waals surface area contributed by atoms with Gasteiger partial charge in [-0.3, -0.25) is 14.2 Å². The summed E-state index contributed by atoms with van der Waals surface area (Å²) in [6.07, 6.45) is 5.48. The quantitative estimate of drug-likeness (QED) is 0.411. The number of aromatic nitrogens is 2. The smallest absolute Gasteiger partial charge is 0.266 e.